The van der Waals surface area contributed by atoms with Crippen molar-refractivity contribution in [2.45, 2.75) is 57.2 Å². The molecule has 3 nitrogen and oxygen atoms in total. The second kappa shape index (κ2) is 5.41. The molecule has 1 aliphatic carbocycles. The topological polar surface area (TPSA) is 40.5 Å². The molecule has 0 amide bonds. The van der Waals surface area contributed by atoms with Crippen molar-refractivity contribution in [2.24, 2.45) is 0 Å². The number of carbonyl (C=O) groups is 1. The third-order valence-corrected chi connectivity index (χ3v) is 4.66. The summed E-state index contributed by atoms with van der Waals surface area (Å²) in [5.41, 5.74) is 0. The zero-order valence-corrected chi connectivity index (χ0v) is 10.7. The van der Waals surface area contributed by atoms with E-state index in [9.17, 15) is 9.90 Å². The molecule has 92 valence electrons. The summed E-state index contributed by atoms with van der Waals surface area (Å²) >= 11 is 2.00. The van der Waals surface area contributed by atoms with Crippen LogP contribution >= 0.6 is 11.8 Å². The Hall–Kier alpha value is -0.220. The first kappa shape index (κ1) is 12.2. The van der Waals surface area contributed by atoms with Crippen molar-refractivity contribution in [3.8, 4) is 0 Å². The number of hydrogen-bond acceptors (Lipinski definition) is 3. The average Bonchev–Trinajstić information content (AvgIpc) is 3.10. The lowest BCUT2D eigenvalue weighted by Crippen LogP contribution is -2.49. The van der Waals surface area contributed by atoms with E-state index in [0.29, 0.717) is 12.1 Å². The van der Waals surface area contributed by atoms with Gasteiger partial charge >= 0.3 is 5.97 Å². The van der Waals surface area contributed by atoms with Crippen LogP contribution in [0.1, 0.15) is 39.0 Å². The molecular formula is C12H21NO2S. The number of carboxylic acids is 1. The molecule has 16 heavy (non-hydrogen) atoms. The third kappa shape index (κ3) is 2.72. The lowest BCUT2D eigenvalue weighted by Gasteiger charge is -2.38. The maximum atomic E-state index is 11.3. The second-order valence-electron chi connectivity index (χ2n) is 4.78. The Morgan fingerprint density at radius 2 is 1.88 bits per heavy atom. The molecule has 0 spiro atoms. The Kier molecular flexibility index (Phi) is 4.14. The zero-order chi connectivity index (χ0) is 11.5. The highest BCUT2D eigenvalue weighted by Gasteiger charge is 2.40. The fraction of sp³-hybridized carbons (Fsp3) is 0.917. The predicted octanol–water partition coefficient (Wildman–Crippen LogP) is 2.21. The lowest BCUT2D eigenvalue weighted by atomic mass is 10.0. The van der Waals surface area contributed by atoms with Gasteiger partial charge in [-0.1, -0.05) is 6.92 Å². The van der Waals surface area contributed by atoms with Gasteiger partial charge in [0.1, 0.15) is 6.04 Å². The van der Waals surface area contributed by atoms with E-state index in [1.54, 1.807) is 0 Å². The molecule has 0 aromatic heterocycles. The molecule has 2 aliphatic rings. The van der Waals surface area contributed by atoms with Crippen molar-refractivity contribution in [3.63, 3.8) is 0 Å². The molecule has 0 radical (unpaired) electrons. The second-order valence-corrected chi connectivity index (χ2v) is 6.01. The first-order valence-corrected chi connectivity index (χ1v) is 7.47. The molecule has 0 aromatic rings. The van der Waals surface area contributed by atoms with Crippen molar-refractivity contribution in [1.82, 2.24) is 4.90 Å². The molecule has 1 N–H and O–H groups in total. The first-order chi connectivity index (χ1) is 7.74. The van der Waals surface area contributed by atoms with Crippen LogP contribution in [0.4, 0.5) is 0 Å². The van der Waals surface area contributed by atoms with Crippen LogP contribution in [0.3, 0.4) is 0 Å². The van der Waals surface area contributed by atoms with Crippen LogP contribution in [-0.2, 0) is 4.79 Å². The van der Waals surface area contributed by atoms with E-state index in [1.807, 2.05) is 18.7 Å². The summed E-state index contributed by atoms with van der Waals surface area (Å²) in [7, 11) is 0. The summed E-state index contributed by atoms with van der Waals surface area (Å²) in [6, 6.07) is 0.838. The molecule has 1 aliphatic heterocycles. The van der Waals surface area contributed by atoms with Gasteiger partial charge in [-0.05, 0) is 43.6 Å². The number of hydrogen-bond donors (Lipinski definition) is 1. The van der Waals surface area contributed by atoms with Crippen LogP contribution < -0.4 is 0 Å². The summed E-state index contributed by atoms with van der Waals surface area (Å²) in [4.78, 5) is 13.6. The van der Waals surface area contributed by atoms with Gasteiger partial charge in [-0.2, -0.15) is 11.8 Å². The number of nitrogens with zero attached hydrogens (tertiary/aromatic N) is 1. The van der Waals surface area contributed by atoms with Crippen LogP contribution in [0, 0.1) is 0 Å². The molecule has 1 atom stereocenters. The van der Waals surface area contributed by atoms with Crippen LogP contribution in [-0.4, -0.2) is 45.6 Å². The van der Waals surface area contributed by atoms with Gasteiger partial charge in [0.05, 0.1) is 0 Å². The summed E-state index contributed by atoms with van der Waals surface area (Å²) < 4.78 is 0. The molecule has 0 aromatic carbocycles. The van der Waals surface area contributed by atoms with Crippen LogP contribution in [0.25, 0.3) is 0 Å². The predicted molar refractivity (Wildman–Crippen MR) is 66.9 cm³/mol. The van der Waals surface area contributed by atoms with Gasteiger partial charge in [-0.3, -0.25) is 9.69 Å². The largest absolute Gasteiger partial charge is 0.480 e. The fourth-order valence-corrected chi connectivity index (χ4v) is 3.76. The van der Waals surface area contributed by atoms with E-state index in [2.05, 4.69) is 4.90 Å². The maximum Gasteiger partial charge on any atom is 0.320 e. The number of aliphatic carboxylic acids is 1. The Labute approximate surface area is 102 Å². The summed E-state index contributed by atoms with van der Waals surface area (Å²) in [5, 5.41) is 9.30. The Bertz CT molecular complexity index is 249. The third-order valence-electron chi connectivity index (χ3n) is 3.61. The van der Waals surface area contributed by atoms with Crippen molar-refractivity contribution < 1.29 is 9.90 Å². The van der Waals surface area contributed by atoms with Crippen LogP contribution in [0.2, 0.25) is 0 Å². The molecular weight excluding hydrogens is 222 g/mol. The smallest absolute Gasteiger partial charge is 0.320 e. The maximum absolute atomic E-state index is 11.3. The highest BCUT2D eigenvalue weighted by molar-refractivity contribution is 7.99. The Balaban J connectivity index is 2.05. The van der Waals surface area contributed by atoms with Crippen molar-refractivity contribution in [3.05, 3.63) is 0 Å². The van der Waals surface area contributed by atoms with E-state index in [-0.39, 0.29) is 6.04 Å². The molecule has 1 saturated carbocycles. The summed E-state index contributed by atoms with van der Waals surface area (Å²) in [6.07, 6.45) is 5.48. The average molecular weight is 243 g/mol. The lowest BCUT2D eigenvalue weighted by molar-refractivity contribution is -0.145. The Morgan fingerprint density at radius 1 is 1.31 bits per heavy atom. The van der Waals surface area contributed by atoms with E-state index in [0.717, 1.165) is 6.42 Å². The van der Waals surface area contributed by atoms with Gasteiger partial charge in [-0.25, -0.2) is 0 Å². The highest BCUT2D eigenvalue weighted by Crippen LogP contribution is 2.35. The number of thioether (sulfide) groups is 1. The summed E-state index contributed by atoms with van der Waals surface area (Å²) in [5.74, 6) is 1.76. The SMILES string of the molecule is CCC(C(=O)O)N(C1CCSCC1)C1CC1. The van der Waals surface area contributed by atoms with Crippen molar-refractivity contribution in [2.75, 3.05) is 11.5 Å². The Morgan fingerprint density at radius 3 is 2.31 bits per heavy atom. The molecule has 1 heterocycles. The van der Waals surface area contributed by atoms with E-state index < -0.39 is 5.97 Å². The number of rotatable bonds is 5. The van der Waals surface area contributed by atoms with Gasteiger partial charge in [0.2, 0.25) is 0 Å². The van der Waals surface area contributed by atoms with Gasteiger partial charge in [-0.15, -0.1) is 0 Å². The normalized spacial score (nSPS) is 24.6. The molecule has 2 fully saturated rings. The zero-order valence-electron chi connectivity index (χ0n) is 9.89. The molecule has 0 bridgehead atoms. The minimum Gasteiger partial charge on any atom is -0.480 e. The minimum absolute atomic E-state index is 0.249. The quantitative estimate of drug-likeness (QED) is 0.803. The van der Waals surface area contributed by atoms with Crippen molar-refractivity contribution in [1.29, 1.82) is 0 Å². The highest BCUT2D eigenvalue weighted by atomic mass is 32.2. The molecule has 4 heteroatoms. The van der Waals surface area contributed by atoms with Gasteiger partial charge in [0.15, 0.2) is 0 Å². The van der Waals surface area contributed by atoms with E-state index in [1.165, 1.54) is 37.2 Å². The molecule has 1 saturated heterocycles. The van der Waals surface area contributed by atoms with E-state index in [4.69, 9.17) is 0 Å². The first-order valence-electron chi connectivity index (χ1n) is 6.32. The van der Waals surface area contributed by atoms with Crippen LogP contribution in [0.15, 0.2) is 0 Å². The van der Waals surface area contributed by atoms with Gasteiger partial charge in [0, 0.05) is 12.1 Å². The van der Waals surface area contributed by atoms with Gasteiger partial charge in [0.25, 0.3) is 0 Å². The number of carboxylic acid groups (broad SMARTS) is 1. The van der Waals surface area contributed by atoms with E-state index >= 15 is 0 Å². The minimum atomic E-state index is -0.632. The molecule has 1 unspecified atom stereocenters. The summed E-state index contributed by atoms with van der Waals surface area (Å²) in [6.45, 7) is 1.99. The molecule has 2 rings (SSSR count). The monoisotopic (exact) mass is 243 g/mol. The standard InChI is InChI=1S/C12H21NO2S/c1-2-11(12(14)15)13(9-3-4-9)10-5-7-16-8-6-10/h9-11H,2-8H2,1H3,(H,14,15). The van der Waals surface area contributed by atoms with Crippen molar-refractivity contribution >= 4 is 17.7 Å². The van der Waals surface area contributed by atoms with Crippen LogP contribution in [0.5, 0.6) is 0 Å². The fourth-order valence-electron chi connectivity index (χ4n) is 2.68. The van der Waals surface area contributed by atoms with Gasteiger partial charge < -0.3 is 5.11 Å².